The lowest BCUT2D eigenvalue weighted by Gasteiger charge is -2.14. The van der Waals surface area contributed by atoms with Crippen molar-refractivity contribution in [1.82, 2.24) is 0 Å². The van der Waals surface area contributed by atoms with E-state index in [0.717, 1.165) is 6.07 Å². The second-order valence-electron chi connectivity index (χ2n) is 5.44. The van der Waals surface area contributed by atoms with Gasteiger partial charge in [0.1, 0.15) is 17.3 Å². The van der Waals surface area contributed by atoms with Gasteiger partial charge in [-0.2, -0.15) is 0 Å². The fraction of sp³-hybridized carbons (Fsp3) is 0.263. The van der Waals surface area contributed by atoms with Crippen LogP contribution in [0.1, 0.15) is 13.8 Å². The average molecular weight is 396 g/mol. The quantitative estimate of drug-likeness (QED) is 0.688. The standard InChI is InChI=1S/C19H19ClFNO5/c1-3-25-14-5-7-15(8-6-14)26-11-18(23)27-12(2)19(24)22-13-4-9-17(21)16(20)10-13/h4-10,12H,3,11H2,1-2H3,(H,22,24)/t12-/m1/s1. The van der Waals surface area contributed by atoms with E-state index >= 15 is 0 Å². The minimum atomic E-state index is -1.06. The first kappa shape index (κ1) is 20.5. The van der Waals surface area contributed by atoms with Gasteiger partial charge in [0.15, 0.2) is 12.7 Å². The molecule has 1 N–H and O–H groups in total. The maximum Gasteiger partial charge on any atom is 0.344 e. The third-order valence-electron chi connectivity index (χ3n) is 3.36. The fourth-order valence-electron chi connectivity index (χ4n) is 2.04. The molecule has 0 aliphatic heterocycles. The van der Waals surface area contributed by atoms with E-state index in [1.54, 1.807) is 24.3 Å². The topological polar surface area (TPSA) is 73.9 Å². The Morgan fingerprint density at radius 3 is 2.33 bits per heavy atom. The van der Waals surface area contributed by atoms with E-state index in [1.807, 2.05) is 6.92 Å². The van der Waals surface area contributed by atoms with Crippen LogP contribution in [0.2, 0.25) is 5.02 Å². The van der Waals surface area contributed by atoms with E-state index in [4.69, 9.17) is 25.8 Å². The highest BCUT2D eigenvalue weighted by molar-refractivity contribution is 6.31. The molecule has 0 aliphatic rings. The molecule has 0 aromatic heterocycles. The molecular formula is C19H19ClFNO5. The van der Waals surface area contributed by atoms with Gasteiger partial charge in [-0.05, 0) is 56.3 Å². The van der Waals surface area contributed by atoms with Crippen molar-refractivity contribution in [1.29, 1.82) is 0 Å². The molecule has 0 spiro atoms. The minimum absolute atomic E-state index is 0.124. The number of esters is 1. The molecule has 0 saturated heterocycles. The van der Waals surface area contributed by atoms with E-state index in [2.05, 4.69) is 5.32 Å². The van der Waals surface area contributed by atoms with Crippen LogP contribution in [0.3, 0.4) is 0 Å². The van der Waals surface area contributed by atoms with E-state index < -0.39 is 23.8 Å². The van der Waals surface area contributed by atoms with Crippen LogP contribution in [0.5, 0.6) is 11.5 Å². The first-order valence-electron chi connectivity index (χ1n) is 8.20. The summed E-state index contributed by atoms with van der Waals surface area (Å²) in [4.78, 5) is 23.9. The fourth-order valence-corrected chi connectivity index (χ4v) is 2.22. The van der Waals surface area contributed by atoms with E-state index in [1.165, 1.54) is 19.1 Å². The zero-order valence-electron chi connectivity index (χ0n) is 14.8. The number of amides is 1. The normalized spacial score (nSPS) is 11.4. The summed E-state index contributed by atoms with van der Waals surface area (Å²) in [5.74, 6) is -0.719. The molecule has 0 heterocycles. The van der Waals surface area contributed by atoms with Crippen LogP contribution in [0.4, 0.5) is 10.1 Å². The number of nitrogens with one attached hydrogen (secondary N) is 1. The molecule has 2 rings (SSSR count). The SMILES string of the molecule is CCOc1ccc(OCC(=O)O[C@H](C)C(=O)Nc2ccc(F)c(Cl)c2)cc1. The number of hydrogen-bond acceptors (Lipinski definition) is 5. The predicted molar refractivity (Wildman–Crippen MR) is 98.7 cm³/mol. The summed E-state index contributed by atoms with van der Waals surface area (Å²) in [6, 6.07) is 10.5. The molecular weight excluding hydrogens is 377 g/mol. The van der Waals surface area contributed by atoms with Crippen molar-refractivity contribution >= 4 is 29.2 Å². The summed E-state index contributed by atoms with van der Waals surface area (Å²) < 4.78 is 28.7. The van der Waals surface area contributed by atoms with Gasteiger partial charge in [0.2, 0.25) is 0 Å². The highest BCUT2D eigenvalue weighted by Gasteiger charge is 2.18. The molecule has 8 heteroatoms. The van der Waals surface area contributed by atoms with Gasteiger partial charge in [0, 0.05) is 5.69 Å². The van der Waals surface area contributed by atoms with Crippen molar-refractivity contribution in [2.75, 3.05) is 18.5 Å². The monoisotopic (exact) mass is 395 g/mol. The number of hydrogen-bond donors (Lipinski definition) is 1. The van der Waals surface area contributed by atoms with Crippen molar-refractivity contribution in [3.8, 4) is 11.5 Å². The lowest BCUT2D eigenvalue weighted by molar-refractivity contribution is -0.155. The van der Waals surface area contributed by atoms with Crippen molar-refractivity contribution in [3.05, 3.63) is 53.3 Å². The Morgan fingerprint density at radius 1 is 1.11 bits per heavy atom. The Kier molecular flexibility index (Phi) is 7.43. The molecule has 0 fully saturated rings. The minimum Gasteiger partial charge on any atom is -0.494 e. The highest BCUT2D eigenvalue weighted by atomic mass is 35.5. The number of ether oxygens (including phenoxy) is 3. The summed E-state index contributed by atoms with van der Waals surface area (Å²) >= 11 is 5.65. The number of carbonyl (C=O) groups excluding carboxylic acids is 2. The molecule has 0 saturated carbocycles. The third kappa shape index (κ3) is 6.45. The van der Waals surface area contributed by atoms with Crippen LogP contribution in [-0.4, -0.2) is 31.2 Å². The van der Waals surface area contributed by atoms with Crippen molar-refractivity contribution in [2.45, 2.75) is 20.0 Å². The third-order valence-corrected chi connectivity index (χ3v) is 3.65. The predicted octanol–water partition coefficient (Wildman–Crippen LogP) is 3.83. The van der Waals surface area contributed by atoms with Crippen LogP contribution in [0.15, 0.2) is 42.5 Å². The van der Waals surface area contributed by atoms with Crippen molar-refractivity contribution in [2.24, 2.45) is 0 Å². The molecule has 1 atom stereocenters. The summed E-state index contributed by atoms with van der Waals surface area (Å²) in [5, 5.41) is 2.36. The van der Waals surface area contributed by atoms with Crippen LogP contribution in [0.25, 0.3) is 0 Å². The molecule has 1 amide bonds. The van der Waals surface area contributed by atoms with Gasteiger partial charge < -0.3 is 19.5 Å². The van der Waals surface area contributed by atoms with Gasteiger partial charge in [-0.3, -0.25) is 4.79 Å². The van der Waals surface area contributed by atoms with Crippen molar-refractivity contribution in [3.63, 3.8) is 0 Å². The van der Waals surface area contributed by atoms with Crippen LogP contribution >= 0.6 is 11.6 Å². The van der Waals surface area contributed by atoms with Gasteiger partial charge in [-0.15, -0.1) is 0 Å². The van der Waals surface area contributed by atoms with Crippen LogP contribution < -0.4 is 14.8 Å². The maximum atomic E-state index is 13.1. The maximum absolute atomic E-state index is 13.1. The van der Waals surface area contributed by atoms with Gasteiger partial charge in [0.25, 0.3) is 5.91 Å². The summed E-state index contributed by atoms with van der Waals surface area (Å²) in [6.45, 7) is 3.49. The van der Waals surface area contributed by atoms with Gasteiger partial charge in [-0.1, -0.05) is 11.6 Å². The summed E-state index contributed by atoms with van der Waals surface area (Å²) in [6.07, 6.45) is -1.06. The van der Waals surface area contributed by atoms with E-state index in [0.29, 0.717) is 23.8 Å². The lowest BCUT2D eigenvalue weighted by Crippen LogP contribution is -2.31. The van der Waals surface area contributed by atoms with Crippen molar-refractivity contribution < 1.29 is 28.2 Å². The van der Waals surface area contributed by atoms with E-state index in [-0.39, 0.29) is 11.6 Å². The molecule has 0 aliphatic carbocycles. The molecule has 0 bridgehead atoms. The lowest BCUT2D eigenvalue weighted by atomic mass is 10.3. The number of rotatable bonds is 8. The number of benzene rings is 2. The largest absolute Gasteiger partial charge is 0.494 e. The Labute approximate surface area is 161 Å². The highest BCUT2D eigenvalue weighted by Crippen LogP contribution is 2.20. The summed E-state index contributed by atoms with van der Waals surface area (Å²) in [7, 11) is 0. The molecule has 0 unspecified atom stereocenters. The summed E-state index contributed by atoms with van der Waals surface area (Å²) in [5.41, 5.74) is 0.292. The van der Waals surface area contributed by atoms with Gasteiger partial charge >= 0.3 is 5.97 Å². The van der Waals surface area contributed by atoms with Gasteiger partial charge in [0.05, 0.1) is 11.6 Å². The number of carbonyl (C=O) groups is 2. The zero-order valence-corrected chi connectivity index (χ0v) is 15.6. The molecule has 2 aromatic rings. The number of halogens is 2. The van der Waals surface area contributed by atoms with E-state index in [9.17, 15) is 14.0 Å². The Hall–Kier alpha value is -2.80. The van der Waals surface area contributed by atoms with Crippen LogP contribution in [-0.2, 0) is 14.3 Å². The first-order valence-corrected chi connectivity index (χ1v) is 8.58. The molecule has 0 radical (unpaired) electrons. The molecule has 6 nitrogen and oxygen atoms in total. The van der Waals surface area contributed by atoms with Gasteiger partial charge in [-0.25, -0.2) is 9.18 Å². The zero-order chi connectivity index (χ0) is 19.8. The molecule has 27 heavy (non-hydrogen) atoms. The first-order chi connectivity index (χ1) is 12.9. The Morgan fingerprint density at radius 2 is 1.74 bits per heavy atom. The molecule has 144 valence electrons. The smallest absolute Gasteiger partial charge is 0.344 e. The second-order valence-corrected chi connectivity index (χ2v) is 5.85. The Balaban J connectivity index is 1.79. The Bertz CT molecular complexity index is 797. The molecule has 2 aromatic carbocycles. The van der Waals surface area contributed by atoms with Crippen LogP contribution in [0, 0.1) is 5.82 Å². The second kappa shape index (κ2) is 9.78. The number of anilines is 1. The average Bonchev–Trinajstić information content (AvgIpc) is 2.64.